The highest BCUT2D eigenvalue weighted by Crippen LogP contribution is 2.55. The van der Waals surface area contributed by atoms with E-state index >= 15 is 0 Å². The Bertz CT molecular complexity index is 1310. The van der Waals surface area contributed by atoms with Gasteiger partial charge in [-0.1, -0.05) is 36.8 Å². The van der Waals surface area contributed by atoms with Crippen LogP contribution in [0.3, 0.4) is 0 Å². The average molecular weight is 544 g/mol. The van der Waals surface area contributed by atoms with Gasteiger partial charge < -0.3 is 19.4 Å². The molecule has 9 heteroatoms. The van der Waals surface area contributed by atoms with Crippen LogP contribution in [-0.4, -0.2) is 59.9 Å². The number of ether oxygens (including phenoxy) is 2. The third-order valence-corrected chi connectivity index (χ3v) is 8.36. The molecule has 1 fully saturated rings. The van der Waals surface area contributed by atoms with E-state index in [0.717, 1.165) is 66.8 Å². The molecule has 0 spiro atoms. The van der Waals surface area contributed by atoms with E-state index in [2.05, 4.69) is 27.0 Å². The minimum absolute atomic E-state index is 0.0939. The molecule has 2 bridgehead atoms. The monoisotopic (exact) mass is 543 g/mol. The Morgan fingerprint density at radius 1 is 1.13 bits per heavy atom. The SMILES string of the molecule is COc1cccc2[nH]c(CCCN(C)CC[C@]3(OC(=O)CC(F)(F)F)C[C@H]4CCC[C@@H]3c3ccccc34)nc12. The molecule has 3 atom stereocenters. The van der Waals surface area contributed by atoms with Crippen LogP contribution in [0.5, 0.6) is 5.75 Å². The fraction of sp³-hybridized carbons (Fsp3) is 0.533. The summed E-state index contributed by atoms with van der Waals surface area (Å²) >= 11 is 0. The van der Waals surface area contributed by atoms with E-state index in [1.807, 2.05) is 37.4 Å². The van der Waals surface area contributed by atoms with E-state index in [0.29, 0.717) is 19.4 Å². The van der Waals surface area contributed by atoms with E-state index in [1.54, 1.807) is 7.11 Å². The summed E-state index contributed by atoms with van der Waals surface area (Å²) in [5.41, 5.74) is 3.22. The second kappa shape index (κ2) is 11.2. The molecule has 0 unspecified atom stereocenters. The van der Waals surface area contributed by atoms with Crippen LogP contribution >= 0.6 is 0 Å². The Kier molecular flexibility index (Phi) is 7.89. The first-order chi connectivity index (χ1) is 18.7. The van der Waals surface area contributed by atoms with Crippen molar-refractivity contribution in [1.29, 1.82) is 0 Å². The average Bonchev–Trinajstić information content (AvgIpc) is 3.11. The van der Waals surface area contributed by atoms with Crippen LogP contribution < -0.4 is 4.74 Å². The van der Waals surface area contributed by atoms with Gasteiger partial charge in [-0.3, -0.25) is 4.79 Å². The van der Waals surface area contributed by atoms with Crippen LogP contribution in [0.15, 0.2) is 42.5 Å². The number of alkyl halides is 3. The molecular weight excluding hydrogens is 507 g/mol. The molecule has 3 aliphatic rings. The highest BCUT2D eigenvalue weighted by atomic mass is 19.4. The molecule has 6 rings (SSSR count). The van der Waals surface area contributed by atoms with Crippen LogP contribution in [0.2, 0.25) is 0 Å². The number of aromatic amines is 1. The summed E-state index contributed by atoms with van der Waals surface area (Å²) in [4.78, 5) is 22.8. The molecule has 3 aromatic rings. The molecule has 1 aromatic heterocycles. The van der Waals surface area contributed by atoms with Gasteiger partial charge in [0.15, 0.2) is 0 Å². The van der Waals surface area contributed by atoms with Gasteiger partial charge in [0.2, 0.25) is 0 Å². The second-order valence-electron chi connectivity index (χ2n) is 11.0. The van der Waals surface area contributed by atoms with Gasteiger partial charge in [0, 0.05) is 25.3 Å². The normalized spacial score (nSPS) is 22.6. The maximum atomic E-state index is 13.1. The highest BCUT2D eigenvalue weighted by Gasteiger charge is 2.51. The van der Waals surface area contributed by atoms with Gasteiger partial charge in [0.05, 0.1) is 12.6 Å². The molecule has 39 heavy (non-hydrogen) atoms. The zero-order chi connectivity index (χ0) is 27.6. The van der Waals surface area contributed by atoms with Crippen molar-refractivity contribution in [3.8, 4) is 5.75 Å². The Morgan fingerprint density at radius 2 is 1.92 bits per heavy atom. The number of nitrogens with one attached hydrogen (secondary N) is 1. The van der Waals surface area contributed by atoms with Gasteiger partial charge in [0.1, 0.15) is 29.1 Å². The molecular formula is C30H36F3N3O3. The first-order valence-corrected chi connectivity index (χ1v) is 13.7. The molecule has 6 nitrogen and oxygen atoms in total. The summed E-state index contributed by atoms with van der Waals surface area (Å²) in [5.74, 6) is 0.544. The number of aromatic nitrogens is 2. The van der Waals surface area contributed by atoms with Gasteiger partial charge in [-0.2, -0.15) is 13.2 Å². The number of nitrogens with zero attached hydrogens (tertiary/aromatic N) is 2. The lowest BCUT2D eigenvalue weighted by atomic mass is 9.67. The number of carbonyl (C=O) groups excluding carboxylic acids is 1. The summed E-state index contributed by atoms with van der Waals surface area (Å²) in [7, 11) is 3.64. The van der Waals surface area contributed by atoms with Crippen molar-refractivity contribution in [3.63, 3.8) is 0 Å². The summed E-state index contributed by atoms with van der Waals surface area (Å²) in [6.07, 6.45) is -0.696. The number of imidazole rings is 1. The maximum absolute atomic E-state index is 13.1. The van der Waals surface area contributed by atoms with Crippen molar-refractivity contribution in [3.05, 3.63) is 59.4 Å². The minimum Gasteiger partial charge on any atom is -0.494 e. The van der Waals surface area contributed by atoms with Gasteiger partial charge in [-0.05, 0) is 68.5 Å². The fourth-order valence-corrected chi connectivity index (χ4v) is 6.61. The zero-order valence-corrected chi connectivity index (χ0v) is 22.5. The summed E-state index contributed by atoms with van der Waals surface area (Å²) in [6, 6.07) is 14.0. The first kappa shape index (κ1) is 27.5. The largest absolute Gasteiger partial charge is 0.494 e. The Hall–Kier alpha value is -3.07. The second-order valence-corrected chi connectivity index (χ2v) is 11.0. The lowest BCUT2D eigenvalue weighted by Crippen LogP contribution is -2.47. The molecule has 3 aliphatic carbocycles. The Morgan fingerprint density at radius 3 is 2.69 bits per heavy atom. The fourth-order valence-electron chi connectivity index (χ4n) is 6.61. The van der Waals surface area contributed by atoms with E-state index in [-0.39, 0.29) is 11.8 Å². The number of halogens is 3. The number of rotatable bonds is 10. The van der Waals surface area contributed by atoms with Crippen molar-refractivity contribution in [1.82, 2.24) is 14.9 Å². The van der Waals surface area contributed by atoms with Crippen molar-refractivity contribution in [2.24, 2.45) is 0 Å². The predicted octanol–water partition coefficient (Wildman–Crippen LogP) is 6.52. The third-order valence-electron chi connectivity index (χ3n) is 8.36. The van der Waals surface area contributed by atoms with Crippen molar-refractivity contribution >= 4 is 17.0 Å². The van der Waals surface area contributed by atoms with Crippen LogP contribution in [0.4, 0.5) is 13.2 Å². The van der Waals surface area contributed by atoms with Crippen LogP contribution in [0, 0.1) is 0 Å². The summed E-state index contributed by atoms with van der Waals surface area (Å²) < 4.78 is 50.5. The number of H-pyrrole nitrogens is 1. The van der Waals surface area contributed by atoms with E-state index in [1.165, 1.54) is 5.56 Å². The molecule has 0 radical (unpaired) electrons. The molecule has 1 saturated carbocycles. The standard InChI is InChI=1S/C30H36F3N3O3/c1-36(16-7-14-26-34-24-12-6-13-25(38-2)28(24)35-26)17-15-29(39-27(37)19-30(31,32)33)18-20-8-5-11-23(29)22-10-4-3-9-21(20)22/h3-4,6,9-10,12-13,20,23H,5,7-8,11,14-19H2,1-2H3,(H,34,35)/t20-,23-,29+/m1/s1. The number of aryl methyl sites for hydroxylation is 1. The Labute approximate surface area is 226 Å². The molecule has 0 amide bonds. The highest BCUT2D eigenvalue weighted by molar-refractivity contribution is 5.81. The molecule has 210 valence electrons. The van der Waals surface area contributed by atoms with Gasteiger partial charge in [0.25, 0.3) is 0 Å². The number of carbonyl (C=O) groups is 1. The lowest BCUT2D eigenvalue weighted by molar-refractivity contribution is -0.188. The van der Waals surface area contributed by atoms with E-state index in [9.17, 15) is 18.0 Å². The molecule has 0 saturated heterocycles. The summed E-state index contributed by atoms with van der Waals surface area (Å²) in [5, 5.41) is 0. The number of hydrogen-bond acceptors (Lipinski definition) is 5. The maximum Gasteiger partial charge on any atom is 0.399 e. The van der Waals surface area contributed by atoms with Crippen molar-refractivity contribution in [2.45, 2.75) is 75.0 Å². The number of hydrogen-bond donors (Lipinski definition) is 1. The number of esters is 1. The molecule has 1 heterocycles. The quantitative estimate of drug-likeness (QED) is 0.295. The first-order valence-electron chi connectivity index (χ1n) is 13.7. The van der Waals surface area contributed by atoms with Crippen molar-refractivity contribution in [2.75, 3.05) is 27.2 Å². The zero-order valence-electron chi connectivity index (χ0n) is 22.5. The van der Waals surface area contributed by atoms with Crippen LogP contribution in [0.1, 0.15) is 73.7 Å². The van der Waals surface area contributed by atoms with Crippen LogP contribution in [0.25, 0.3) is 11.0 Å². The summed E-state index contributed by atoms with van der Waals surface area (Å²) in [6.45, 7) is 1.41. The molecule has 2 aromatic carbocycles. The van der Waals surface area contributed by atoms with E-state index < -0.39 is 24.2 Å². The van der Waals surface area contributed by atoms with E-state index in [4.69, 9.17) is 9.47 Å². The van der Waals surface area contributed by atoms with Crippen LogP contribution in [-0.2, 0) is 16.0 Å². The number of para-hydroxylation sites is 1. The van der Waals surface area contributed by atoms with Gasteiger partial charge in [-0.25, -0.2) is 4.98 Å². The molecule has 1 N–H and O–H groups in total. The number of fused-ring (bicyclic) bond motifs is 4. The van der Waals surface area contributed by atoms with Crippen molar-refractivity contribution < 1.29 is 27.4 Å². The third kappa shape index (κ3) is 6.08. The van der Waals surface area contributed by atoms with Gasteiger partial charge >= 0.3 is 12.1 Å². The minimum atomic E-state index is -4.59. The Balaban J connectivity index is 1.26. The molecule has 0 aliphatic heterocycles. The topological polar surface area (TPSA) is 67.4 Å². The van der Waals surface area contributed by atoms with Gasteiger partial charge in [-0.15, -0.1) is 0 Å². The predicted molar refractivity (Wildman–Crippen MR) is 143 cm³/mol. The lowest BCUT2D eigenvalue weighted by Gasteiger charge is -2.46. The smallest absolute Gasteiger partial charge is 0.399 e. The number of benzene rings is 2. The number of methoxy groups -OCH3 is 1.